The van der Waals surface area contributed by atoms with Crippen LogP contribution in [0.25, 0.3) is 10.8 Å². The Morgan fingerprint density at radius 3 is 2.57 bits per heavy atom. The summed E-state index contributed by atoms with van der Waals surface area (Å²) in [5.41, 5.74) is 0.611. The molecule has 1 aliphatic rings. The van der Waals surface area contributed by atoms with Gasteiger partial charge in [-0.15, -0.1) is 0 Å². The molecule has 1 aliphatic carbocycles. The maximum Gasteiger partial charge on any atom is 0.310 e. The van der Waals surface area contributed by atoms with E-state index in [0.29, 0.717) is 12.0 Å². The summed E-state index contributed by atoms with van der Waals surface area (Å²) in [5, 5.41) is 13.7. The van der Waals surface area contributed by atoms with Crippen LogP contribution in [0.4, 0.5) is 0 Å². The molecule has 2 unspecified atom stereocenters. The molecule has 0 spiro atoms. The first-order chi connectivity index (χ1) is 10.1. The van der Waals surface area contributed by atoms with E-state index in [4.69, 9.17) is 5.11 Å². The van der Waals surface area contributed by atoms with Gasteiger partial charge in [-0.25, -0.2) is 0 Å². The topological polar surface area (TPSA) is 66.4 Å². The van der Waals surface area contributed by atoms with Crippen molar-refractivity contribution < 1.29 is 14.7 Å². The lowest BCUT2D eigenvalue weighted by atomic mass is 10.0. The van der Waals surface area contributed by atoms with Crippen molar-refractivity contribution in [2.24, 2.45) is 5.92 Å². The van der Waals surface area contributed by atoms with E-state index in [0.717, 1.165) is 10.8 Å². The summed E-state index contributed by atoms with van der Waals surface area (Å²) in [6, 6.07) is 13.1. The Morgan fingerprint density at radius 1 is 1.05 bits per heavy atom. The monoisotopic (exact) mass is 281 g/mol. The van der Waals surface area contributed by atoms with Crippen LogP contribution in [0.3, 0.4) is 0 Å². The summed E-state index contributed by atoms with van der Waals surface area (Å²) in [6.07, 6.45) is 3.80. The molecule has 0 saturated heterocycles. The van der Waals surface area contributed by atoms with Crippen molar-refractivity contribution in [1.29, 1.82) is 0 Å². The maximum atomic E-state index is 12.4. The number of fused-ring (bicyclic) bond motifs is 1. The SMILES string of the molecule is O=C(NC1C=CC(C(=O)O)C1)c1cccc2ccccc12. The normalized spacial score (nSPS) is 20.6. The second-order valence-corrected chi connectivity index (χ2v) is 5.17. The number of hydrogen-bond donors (Lipinski definition) is 2. The van der Waals surface area contributed by atoms with E-state index in [2.05, 4.69) is 5.32 Å². The first kappa shape index (κ1) is 13.4. The third kappa shape index (κ3) is 2.65. The Hall–Kier alpha value is -2.62. The highest BCUT2D eigenvalue weighted by atomic mass is 16.4. The number of carbonyl (C=O) groups is 2. The van der Waals surface area contributed by atoms with Gasteiger partial charge in [0.25, 0.3) is 5.91 Å². The summed E-state index contributed by atoms with van der Waals surface area (Å²) in [6.45, 7) is 0. The van der Waals surface area contributed by atoms with Gasteiger partial charge in [0, 0.05) is 11.6 Å². The van der Waals surface area contributed by atoms with Crippen molar-refractivity contribution in [3.8, 4) is 0 Å². The Balaban J connectivity index is 1.80. The molecule has 0 aromatic heterocycles. The van der Waals surface area contributed by atoms with Gasteiger partial charge >= 0.3 is 5.97 Å². The number of carbonyl (C=O) groups excluding carboxylic acids is 1. The van der Waals surface area contributed by atoms with Gasteiger partial charge < -0.3 is 10.4 Å². The third-order valence-corrected chi connectivity index (χ3v) is 3.75. The number of carboxylic acids is 1. The summed E-state index contributed by atoms with van der Waals surface area (Å²) in [7, 11) is 0. The lowest BCUT2D eigenvalue weighted by molar-refractivity contribution is -0.140. The zero-order valence-corrected chi connectivity index (χ0v) is 11.3. The fraction of sp³-hybridized carbons (Fsp3) is 0.176. The quantitative estimate of drug-likeness (QED) is 0.850. The minimum atomic E-state index is -0.854. The maximum absolute atomic E-state index is 12.4. The Morgan fingerprint density at radius 2 is 1.81 bits per heavy atom. The second kappa shape index (κ2) is 5.40. The molecule has 0 saturated carbocycles. The van der Waals surface area contributed by atoms with Crippen LogP contribution in [0, 0.1) is 5.92 Å². The molecule has 4 heteroatoms. The zero-order chi connectivity index (χ0) is 14.8. The number of rotatable bonds is 3. The molecule has 0 fully saturated rings. The van der Waals surface area contributed by atoms with Crippen LogP contribution >= 0.6 is 0 Å². The Labute approximate surface area is 122 Å². The van der Waals surface area contributed by atoms with Crippen LogP contribution in [-0.4, -0.2) is 23.0 Å². The van der Waals surface area contributed by atoms with Crippen LogP contribution in [0.15, 0.2) is 54.6 Å². The summed E-state index contributed by atoms with van der Waals surface area (Å²) in [5.74, 6) is -1.54. The number of nitrogens with one attached hydrogen (secondary N) is 1. The van der Waals surface area contributed by atoms with Crippen molar-refractivity contribution in [2.45, 2.75) is 12.5 Å². The molecular formula is C17H15NO3. The van der Waals surface area contributed by atoms with E-state index in [1.54, 1.807) is 18.2 Å². The van der Waals surface area contributed by atoms with Crippen LogP contribution in [0.2, 0.25) is 0 Å². The smallest absolute Gasteiger partial charge is 0.310 e. The summed E-state index contributed by atoms with van der Waals surface area (Å²) in [4.78, 5) is 23.3. The predicted octanol–water partition coefficient (Wildman–Crippen LogP) is 2.60. The molecule has 2 atom stereocenters. The molecule has 3 rings (SSSR count). The lowest BCUT2D eigenvalue weighted by Gasteiger charge is -2.13. The lowest BCUT2D eigenvalue weighted by Crippen LogP contribution is -2.33. The number of aliphatic carboxylic acids is 1. The van der Waals surface area contributed by atoms with E-state index in [-0.39, 0.29) is 11.9 Å². The van der Waals surface area contributed by atoms with E-state index in [1.807, 2.05) is 36.4 Å². The van der Waals surface area contributed by atoms with Crippen LogP contribution in [0.1, 0.15) is 16.8 Å². The highest BCUT2D eigenvalue weighted by Crippen LogP contribution is 2.21. The van der Waals surface area contributed by atoms with Gasteiger partial charge in [0.05, 0.1) is 5.92 Å². The minimum absolute atomic E-state index is 0.174. The molecule has 0 bridgehead atoms. The largest absolute Gasteiger partial charge is 0.481 e. The number of carboxylic acid groups (broad SMARTS) is 1. The van der Waals surface area contributed by atoms with Crippen LogP contribution < -0.4 is 5.32 Å². The average Bonchev–Trinajstić information content (AvgIpc) is 2.95. The number of benzene rings is 2. The molecule has 106 valence electrons. The van der Waals surface area contributed by atoms with Gasteiger partial charge in [-0.3, -0.25) is 9.59 Å². The molecule has 0 radical (unpaired) electrons. The van der Waals surface area contributed by atoms with Gasteiger partial charge in [0.2, 0.25) is 0 Å². The van der Waals surface area contributed by atoms with Crippen LogP contribution in [-0.2, 0) is 4.79 Å². The van der Waals surface area contributed by atoms with E-state index >= 15 is 0 Å². The predicted molar refractivity (Wildman–Crippen MR) is 80.1 cm³/mol. The zero-order valence-electron chi connectivity index (χ0n) is 11.3. The highest BCUT2D eigenvalue weighted by molar-refractivity contribution is 6.07. The molecule has 1 amide bonds. The van der Waals surface area contributed by atoms with Crippen molar-refractivity contribution in [1.82, 2.24) is 5.32 Å². The van der Waals surface area contributed by atoms with E-state index in [1.165, 1.54) is 0 Å². The number of hydrogen-bond acceptors (Lipinski definition) is 2. The average molecular weight is 281 g/mol. The summed E-state index contributed by atoms with van der Waals surface area (Å²) >= 11 is 0. The van der Waals surface area contributed by atoms with Crippen molar-refractivity contribution >= 4 is 22.6 Å². The van der Waals surface area contributed by atoms with E-state index < -0.39 is 11.9 Å². The first-order valence-electron chi connectivity index (χ1n) is 6.85. The first-order valence-corrected chi connectivity index (χ1v) is 6.85. The summed E-state index contributed by atoms with van der Waals surface area (Å²) < 4.78 is 0. The molecule has 2 aromatic rings. The molecule has 4 nitrogen and oxygen atoms in total. The van der Waals surface area contributed by atoms with Gasteiger partial charge in [0.15, 0.2) is 0 Å². The van der Waals surface area contributed by atoms with Crippen LogP contribution in [0.5, 0.6) is 0 Å². The van der Waals surface area contributed by atoms with Gasteiger partial charge in [-0.1, -0.05) is 48.6 Å². The fourth-order valence-electron chi connectivity index (χ4n) is 2.66. The highest BCUT2D eigenvalue weighted by Gasteiger charge is 2.25. The molecule has 2 aromatic carbocycles. The standard InChI is InChI=1S/C17H15NO3/c19-16(18-13-9-8-12(10-13)17(20)21)15-7-3-5-11-4-1-2-6-14(11)15/h1-9,12-13H,10H2,(H,18,19)(H,20,21). The van der Waals surface area contributed by atoms with Gasteiger partial charge in [-0.2, -0.15) is 0 Å². The molecule has 0 heterocycles. The van der Waals surface area contributed by atoms with Gasteiger partial charge in [-0.05, 0) is 23.3 Å². The van der Waals surface area contributed by atoms with Crippen molar-refractivity contribution in [3.05, 3.63) is 60.2 Å². The Bertz CT molecular complexity index is 730. The van der Waals surface area contributed by atoms with Gasteiger partial charge in [0.1, 0.15) is 0 Å². The second-order valence-electron chi connectivity index (χ2n) is 5.17. The molecule has 2 N–H and O–H groups in total. The van der Waals surface area contributed by atoms with Crippen molar-refractivity contribution in [3.63, 3.8) is 0 Å². The molecular weight excluding hydrogens is 266 g/mol. The molecule has 21 heavy (non-hydrogen) atoms. The third-order valence-electron chi connectivity index (χ3n) is 3.75. The van der Waals surface area contributed by atoms with E-state index in [9.17, 15) is 9.59 Å². The molecule has 0 aliphatic heterocycles. The Kier molecular flexibility index (Phi) is 3.44. The minimum Gasteiger partial charge on any atom is -0.481 e. The van der Waals surface area contributed by atoms with Crippen molar-refractivity contribution in [2.75, 3.05) is 0 Å². The fourth-order valence-corrected chi connectivity index (χ4v) is 2.66. The number of amides is 1.